The van der Waals surface area contributed by atoms with Crippen molar-refractivity contribution >= 4 is 52.1 Å². The van der Waals surface area contributed by atoms with E-state index in [1.165, 1.54) is 36.8 Å². The maximum Gasteiger partial charge on any atom is 0.243 e. The van der Waals surface area contributed by atoms with Crippen LogP contribution in [0.4, 0.5) is 4.39 Å². The minimum absolute atomic E-state index is 0.0653. The second kappa shape index (κ2) is 20.9. The van der Waals surface area contributed by atoms with Crippen LogP contribution in [0.5, 0.6) is 0 Å². The number of hydrogen-bond donors (Lipinski definition) is 8. The molecule has 300 valence electrons. The van der Waals surface area contributed by atoms with Gasteiger partial charge in [-0.25, -0.2) is 9.37 Å². The predicted octanol–water partition coefficient (Wildman–Crippen LogP) is 0.223. The van der Waals surface area contributed by atoms with Gasteiger partial charge in [-0.05, 0) is 53.3 Å². The lowest BCUT2D eigenvalue weighted by atomic mass is 10.0. The van der Waals surface area contributed by atoms with Crippen molar-refractivity contribution in [2.45, 2.75) is 63.1 Å². The molecule has 3 atom stereocenters. The molecule has 17 heteroatoms. The lowest BCUT2D eigenvalue weighted by Crippen LogP contribution is -2.58. The summed E-state index contributed by atoms with van der Waals surface area (Å²) in [6.07, 6.45) is 3.37. The molecular formula is C40H46FN9O7. The van der Waals surface area contributed by atoms with E-state index in [0.29, 0.717) is 30.6 Å². The van der Waals surface area contributed by atoms with Crippen molar-refractivity contribution in [3.05, 3.63) is 102 Å². The van der Waals surface area contributed by atoms with E-state index in [1.54, 1.807) is 0 Å². The number of benzene rings is 3. The van der Waals surface area contributed by atoms with Crippen LogP contribution in [0.25, 0.3) is 10.8 Å². The summed E-state index contributed by atoms with van der Waals surface area (Å²) in [5.41, 5.74) is 1.68. The van der Waals surface area contributed by atoms with E-state index in [4.69, 9.17) is 0 Å². The number of aromatic nitrogens is 2. The van der Waals surface area contributed by atoms with E-state index >= 15 is 0 Å². The molecular weight excluding hydrogens is 737 g/mol. The van der Waals surface area contributed by atoms with Crippen molar-refractivity contribution in [3.8, 4) is 0 Å². The number of carbonyl (C=O) groups is 7. The molecule has 3 aromatic carbocycles. The highest BCUT2D eigenvalue weighted by Crippen LogP contribution is 2.19. The molecule has 0 bridgehead atoms. The minimum atomic E-state index is -1.32. The number of fused-ring (bicyclic) bond motifs is 1. The zero-order valence-corrected chi connectivity index (χ0v) is 31.2. The maximum atomic E-state index is 14.1. The minimum Gasteiger partial charge on any atom is -0.356 e. The summed E-state index contributed by atoms with van der Waals surface area (Å²) in [6, 6.07) is 14.5. The van der Waals surface area contributed by atoms with E-state index in [1.807, 2.05) is 42.5 Å². The Morgan fingerprint density at radius 2 is 1.39 bits per heavy atom. The number of aromatic amines is 1. The highest BCUT2D eigenvalue weighted by atomic mass is 19.1. The molecule has 5 rings (SSSR count). The predicted molar refractivity (Wildman–Crippen MR) is 206 cm³/mol. The van der Waals surface area contributed by atoms with Gasteiger partial charge in [0.05, 0.1) is 25.8 Å². The van der Waals surface area contributed by atoms with Crippen molar-refractivity contribution in [2.24, 2.45) is 0 Å². The Morgan fingerprint density at radius 3 is 2.14 bits per heavy atom. The normalized spacial score (nSPS) is 19.9. The first kappa shape index (κ1) is 41.5. The van der Waals surface area contributed by atoms with Crippen molar-refractivity contribution in [1.29, 1.82) is 0 Å². The molecule has 0 spiro atoms. The Labute approximate surface area is 327 Å². The number of rotatable bonds is 7. The number of imidazole rings is 1. The van der Waals surface area contributed by atoms with Crippen molar-refractivity contribution in [2.75, 3.05) is 26.2 Å². The molecule has 0 saturated carbocycles. The average Bonchev–Trinajstić information content (AvgIpc) is 3.72. The highest BCUT2D eigenvalue weighted by Gasteiger charge is 2.31. The van der Waals surface area contributed by atoms with Crippen molar-refractivity contribution < 1.29 is 38.0 Å². The highest BCUT2D eigenvalue weighted by molar-refractivity contribution is 5.96. The van der Waals surface area contributed by atoms with Crippen molar-refractivity contribution in [1.82, 2.24) is 47.2 Å². The van der Waals surface area contributed by atoms with Crippen LogP contribution in [0.1, 0.15) is 42.5 Å². The number of nitrogens with zero attached hydrogens (tertiary/aromatic N) is 1. The molecule has 1 aliphatic rings. The number of carbonyl (C=O) groups excluding carboxylic acids is 7. The van der Waals surface area contributed by atoms with Crippen LogP contribution in [0.3, 0.4) is 0 Å². The molecule has 1 aromatic heterocycles. The van der Waals surface area contributed by atoms with Gasteiger partial charge in [0.15, 0.2) is 0 Å². The Morgan fingerprint density at radius 1 is 0.719 bits per heavy atom. The molecule has 0 aliphatic carbocycles. The van der Waals surface area contributed by atoms with Crippen LogP contribution >= 0.6 is 0 Å². The van der Waals surface area contributed by atoms with Gasteiger partial charge in [0.1, 0.15) is 23.9 Å². The quantitative estimate of drug-likeness (QED) is 0.129. The number of hydrogen-bond acceptors (Lipinski definition) is 8. The van der Waals surface area contributed by atoms with Gasteiger partial charge >= 0.3 is 0 Å². The van der Waals surface area contributed by atoms with E-state index in [2.05, 4.69) is 47.2 Å². The van der Waals surface area contributed by atoms with Crippen LogP contribution in [0, 0.1) is 5.82 Å². The summed E-state index contributed by atoms with van der Waals surface area (Å²) < 4.78 is 13.7. The van der Waals surface area contributed by atoms with Gasteiger partial charge in [-0.3, -0.25) is 33.6 Å². The maximum absolute atomic E-state index is 14.1. The van der Waals surface area contributed by atoms with Gasteiger partial charge in [-0.15, -0.1) is 0 Å². The lowest BCUT2D eigenvalue weighted by molar-refractivity contribution is -0.134. The van der Waals surface area contributed by atoms with E-state index in [-0.39, 0.29) is 51.1 Å². The summed E-state index contributed by atoms with van der Waals surface area (Å²) >= 11 is 0. The second-order valence-corrected chi connectivity index (χ2v) is 13.6. The van der Waals surface area contributed by atoms with E-state index in [9.17, 15) is 38.0 Å². The molecule has 1 aliphatic heterocycles. The average molecular weight is 784 g/mol. The molecule has 16 nitrogen and oxygen atoms in total. The number of nitrogens with one attached hydrogen (secondary N) is 8. The molecule has 7 amide bonds. The monoisotopic (exact) mass is 783 g/mol. The zero-order valence-electron chi connectivity index (χ0n) is 31.2. The Hall–Kier alpha value is -6.65. The van der Waals surface area contributed by atoms with Gasteiger partial charge in [0.25, 0.3) is 0 Å². The molecule has 1 fully saturated rings. The zero-order chi connectivity index (χ0) is 40.6. The SMILES string of the molecule is O=C1CC[C@H](NC(=O)Cc2cccc3ccccc23)C(=O)N[C@@H](Cc2cnc[nH]2)C(=O)N[C@H](Cc2ccc(F)cc2)C(=O)NCC(=O)NCC(=O)NCCCCN1. The van der Waals surface area contributed by atoms with Gasteiger partial charge in [0.2, 0.25) is 41.4 Å². The summed E-state index contributed by atoms with van der Waals surface area (Å²) in [6.45, 7) is -0.274. The molecule has 0 unspecified atom stereocenters. The van der Waals surface area contributed by atoms with Gasteiger partial charge < -0.3 is 42.2 Å². The third kappa shape index (κ3) is 13.3. The van der Waals surface area contributed by atoms with Gasteiger partial charge in [0, 0.05) is 44.2 Å². The van der Waals surface area contributed by atoms with Crippen LogP contribution in [0.15, 0.2) is 79.3 Å². The Balaban J connectivity index is 1.39. The van der Waals surface area contributed by atoms with Gasteiger partial charge in [-0.2, -0.15) is 0 Å². The van der Waals surface area contributed by atoms with E-state index < -0.39 is 65.9 Å². The van der Waals surface area contributed by atoms with Crippen LogP contribution in [-0.4, -0.2) is 95.6 Å². The molecule has 57 heavy (non-hydrogen) atoms. The number of H-pyrrole nitrogens is 1. The van der Waals surface area contributed by atoms with Crippen LogP contribution < -0.4 is 37.2 Å². The summed E-state index contributed by atoms with van der Waals surface area (Å²) in [4.78, 5) is 99.7. The summed E-state index contributed by atoms with van der Waals surface area (Å²) in [7, 11) is 0. The summed E-state index contributed by atoms with van der Waals surface area (Å²) in [5, 5.41) is 20.3. The second-order valence-electron chi connectivity index (χ2n) is 13.6. The Kier molecular flexibility index (Phi) is 15.2. The van der Waals surface area contributed by atoms with Crippen LogP contribution in [0.2, 0.25) is 0 Å². The molecule has 4 aromatic rings. The molecule has 1 saturated heterocycles. The van der Waals surface area contributed by atoms with Crippen LogP contribution in [-0.2, 0) is 52.8 Å². The first-order valence-electron chi connectivity index (χ1n) is 18.7. The third-order valence-electron chi connectivity index (χ3n) is 9.26. The third-order valence-corrected chi connectivity index (χ3v) is 9.26. The van der Waals surface area contributed by atoms with Crippen molar-refractivity contribution in [3.63, 3.8) is 0 Å². The fraction of sp³-hybridized carbons (Fsp3) is 0.350. The smallest absolute Gasteiger partial charge is 0.243 e. The first-order valence-corrected chi connectivity index (χ1v) is 18.7. The largest absolute Gasteiger partial charge is 0.356 e. The fourth-order valence-electron chi connectivity index (χ4n) is 6.23. The number of amides is 7. The first-order chi connectivity index (χ1) is 27.5. The van der Waals surface area contributed by atoms with E-state index in [0.717, 1.165) is 16.3 Å². The summed E-state index contributed by atoms with van der Waals surface area (Å²) in [5.74, 6) is -4.79. The molecule has 0 radical (unpaired) electrons. The molecule has 8 N–H and O–H groups in total. The Bertz CT molecular complexity index is 2040. The topological polar surface area (TPSA) is 232 Å². The standard InChI is InChI=1S/C40H46FN9O7/c41-28-12-10-25(11-13-28)18-32-38(55)46-23-37(54)45-22-36(53)44-17-4-3-16-43-34(51)15-14-31(39(56)50-33(40(57)49-32)20-29-21-42-24-47-29)48-35(52)19-27-8-5-7-26-6-1-2-9-30(26)27/h1-2,5-13,21,24,31-33H,3-4,14-20,22-23H2,(H,42,47)(H,43,51)(H,44,53)(H,45,54)(H,46,55)(H,48,52)(H,49,57)(H,50,56)/t31-,32+,33-/m0/s1. The number of halogens is 1. The lowest BCUT2D eigenvalue weighted by Gasteiger charge is -2.25. The fourth-order valence-corrected chi connectivity index (χ4v) is 6.23. The molecule has 2 heterocycles. The van der Waals surface area contributed by atoms with Gasteiger partial charge in [-0.1, -0.05) is 54.6 Å².